The van der Waals surface area contributed by atoms with Gasteiger partial charge in [-0.05, 0) is 61.6 Å². The summed E-state index contributed by atoms with van der Waals surface area (Å²) in [6.07, 6.45) is 0. The molecule has 0 aliphatic carbocycles. The van der Waals surface area contributed by atoms with Crippen molar-refractivity contribution >= 4 is 54.3 Å². The highest BCUT2D eigenvalue weighted by Gasteiger charge is 2.18. The molecule has 0 unspecified atom stereocenters. The summed E-state index contributed by atoms with van der Waals surface area (Å²) < 4.78 is 6.24. The topological polar surface area (TPSA) is 51.8 Å². The van der Waals surface area contributed by atoms with Gasteiger partial charge in [0.05, 0.1) is 0 Å². The van der Waals surface area contributed by atoms with Crippen molar-refractivity contribution in [1.29, 1.82) is 0 Å². The van der Waals surface area contributed by atoms with E-state index in [1.54, 1.807) is 0 Å². The zero-order chi connectivity index (χ0) is 32.3. The van der Waals surface area contributed by atoms with Crippen molar-refractivity contribution in [1.82, 2.24) is 15.0 Å². The molecule has 0 atom stereocenters. The van der Waals surface area contributed by atoms with Gasteiger partial charge in [-0.3, -0.25) is 0 Å². The number of hydrogen-bond acceptors (Lipinski definition) is 4. The van der Waals surface area contributed by atoms with E-state index in [2.05, 4.69) is 133 Å². The van der Waals surface area contributed by atoms with E-state index in [4.69, 9.17) is 19.4 Å². The Morgan fingerprint density at radius 1 is 0.327 bits per heavy atom. The van der Waals surface area contributed by atoms with Crippen molar-refractivity contribution in [2.75, 3.05) is 0 Å². The quantitative estimate of drug-likeness (QED) is 0.183. The standard InChI is InChI=1S/C45H27N3O/c1-3-12-34-28(9-1)11-7-15-36(34)30-19-22-31(23-20-30)43-46-44(33-25-26-37-32(27-33)24-21-29-10-2-4-13-35(29)37)48-45(47-43)39-16-8-18-41-42(39)38-14-5-6-17-40(38)49-41/h1-27H. The number of aromatic nitrogens is 3. The van der Waals surface area contributed by atoms with Crippen LogP contribution in [0.15, 0.2) is 168 Å². The number of nitrogens with zero attached hydrogens (tertiary/aromatic N) is 3. The van der Waals surface area contributed by atoms with Crippen molar-refractivity contribution in [3.63, 3.8) is 0 Å². The summed E-state index contributed by atoms with van der Waals surface area (Å²) in [5.41, 5.74) is 6.75. The van der Waals surface area contributed by atoms with Crippen LogP contribution in [0.25, 0.3) is 99.5 Å². The summed E-state index contributed by atoms with van der Waals surface area (Å²) in [6.45, 7) is 0. The highest BCUT2D eigenvalue weighted by atomic mass is 16.3. The molecule has 10 aromatic rings. The van der Waals surface area contributed by atoms with Gasteiger partial charge in [0.1, 0.15) is 11.2 Å². The van der Waals surface area contributed by atoms with Crippen LogP contribution in [0.3, 0.4) is 0 Å². The second-order valence-electron chi connectivity index (χ2n) is 12.4. The molecule has 0 spiro atoms. The summed E-state index contributed by atoms with van der Waals surface area (Å²) in [5.74, 6) is 1.85. The molecule has 0 aliphatic rings. The van der Waals surface area contributed by atoms with Crippen molar-refractivity contribution in [2.24, 2.45) is 0 Å². The first-order valence-electron chi connectivity index (χ1n) is 16.4. The van der Waals surface area contributed by atoms with Gasteiger partial charge in [-0.25, -0.2) is 15.0 Å². The molecule has 2 heterocycles. The highest BCUT2D eigenvalue weighted by Crippen LogP contribution is 2.37. The van der Waals surface area contributed by atoms with Crippen LogP contribution in [-0.2, 0) is 0 Å². The maximum Gasteiger partial charge on any atom is 0.164 e. The fourth-order valence-electron chi connectivity index (χ4n) is 7.14. The molecule has 2 aromatic heterocycles. The molecule has 4 heteroatoms. The van der Waals surface area contributed by atoms with Gasteiger partial charge in [0.25, 0.3) is 0 Å². The third-order valence-corrected chi connectivity index (χ3v) is 9.53. The van der Waals surface area contributed by atoms with Crippen LogP contribution in [0.4, 0.5) is 0 Å². The minimum atomic E-state index is 0.605. The average molecular weight is 626 g/mol. The van der Waals surface area contributed by atoms with Crippen LogP contribution in [0.1, 0.15) is 0 Å². The molecule has 0 bridgehead atoms. The smallest absolute Gasteiger partial charge is 0.164 e. The summed E-state index contributed by atoms with van der Waals surface area (Å²) in [5, 5.41) is 9.28. The molecule has 0 amide bonds. The molecular formula is C45H27N3O. The Morgan fingerprint density at radius 2 is 0.878 bits per heavy atom. The summed E-state index contributed by atoms with van der Waals surface area (Å²) in [7, 11) is 0. The molecule has 0 saturated heterocycles. The predicted molar refractivity (Wildman–Crippen MR) is 201 cm³/mol. The average Bonchev–Trinajstić information content (AvgIpc) is 3.56. The molecule has 10 rings (SSSR count). The Morgan fingerprint density at radius 3 is 1.73 bits per heavy atom. The van der Waals surface area contributed by atoms with Crippen molar-refractivity contribution < 1.29 is 4.42 Å². The number of benzene rings is 8. The van der Waals surface area contributed by atoms with E-state index >= 15 is 0 Å². The third-order valence-electron chi connectivity index (χ3n) is 9.53. The second-order valence-corrected chi connectivity index (χ2v) is 12.4. The number of furan rings is 1. The Labute approximate surface area is 282 Å². The van der Waals surface area contributed by atoms with Crippen molar-refractivity contribution in [3.8, 4) is 45.3 Å². The number of fused-ring (bicyclic) bond motifs is 7. The van der Waals surface area contributed by atoms with Gasteiger partial charge in [0, 0.05) is 27.5 Å². The van der Waals surface area contributed by atoms with Gasteiger partial charge in [0.15, 0.2) is 17.5 Å². The number of hydrogen-bond donors (Lipinski definition) is 0. The van der Waals surface area contributed by atoms with Crippen LogP contribution in [0.2, 0.25) is 0 Å². The lowest BCUT2D eigenvalue weighted by molar-refractivity contribution is 0.669. The normalized spacial score (nSPS) is 11.7. The lowest BCUT2D eigenvalue weighted by Crippen LogP contribution is -2.00. The Balaban J connectivity index is 1.16. The molecule has 0 N–H and O–H groups in total. The van der Waals surface area contributed by atoms with Crippen LogP contribution < -0.4 is 0 Å². The van der Waals surface area contributed by atoms with E-state index in [1.165, 1.54) is 32.5 Å². The van der Waals surface area contributed by atoms with Gasteiger partial charge >= 0.3 is 0 Å². The third kappa shape index (κ3) is 4.57. The van der Waals surface area contributed by atoms with E-state index in [0.29, 0.717) is 17.5 Å². The first-order chi connectivity index (χ1) is 24.3. The van der Waals surface area contributed by atoms with Crippen LogP contribution in [0.5, 0.6) is 0 Å². The van der Waals surface area contributed by atoms with Gasteiger partial charge in [0.2, 0.25) is 0 Å². The monoisotopic (exact) mass is 625 g/mol. The Bertz CT molecular complexity index is 2880. The highest BCUT2D eigenvalue weighted by molar-refractivity contribution is 6.12. The second kappa shape index (κ2) is 11.0. The van der Waals surface area contributed by atoms with Gasteiger partial charge in [-0.2, -0.15) is 0 Å². The molecule has 228 valence electrons. The zero-order valence-corrected chi connectivity index (χ0v) is 26.3. The predicted octanol–water partition coefficient (Wildman–Crippen LogP) is 11.9. The van der Waals surface area contributed by atoms with E-state index in [9.17, 15) is 0 Å². The number of rotatable bonds is 4. The molecule has 49 heavy (non-hydrogen) atoms. The molecule has 8 aromatic carbocycles. The summed E-state index contributed by atoms with van der Waals surface area (Å²) in [6, 6.07) is 57.0. The molecule has 0 radical (unpaired) electrons. The SMILES string of the molecule is c1ccc2c(-c3ccc(-c4nc(-c5ccc6c(ccc7ccccc76)c5)nc(-c5cccc6oc7ccccc7c56)n4)cc3)cccc2c1. The van der Waals surface area contributed by atoms with Gasteiger partial charge < -0.3 is 4.42 Å². The fourth-order valence-corrected chi connectivity index (χ4v) is 7.14. The van der Waals surface area contributed by atoms with E-state index in [-0.39, 0.29) is 0 Å². The Kier molecular flexibility index (Phi) is 6.15. The van der Waals surface area contributed by atoms with E-state index in [0.717, 1.165) is 49.6 Å². The molecule has 0 fully saturated rings. The lowest BCUT2D eigenvalue weighted by Gasteiger charge is -2.11. The maximum absolute atomic E-state index is 6.24. The first-order valence-corrected chi connectivity index (χ1v) is 16.4. The molecular weight excluding hydrogens is 599 g/mol. The zero-order valence-electron chi connectivity index (χ0n) is 26.3. The molecule has 0 saturated carbocycles. The Hall–Kier alpha value is -6.65. The van der Waals surface area contributed by atoms with E-state index < -0.39 is 0 Å². The largest absolute Gasteiger partial charge is 0.456 e. The molecule has 4 nitrogen and oxygen atoms in total. The van der Waals surface area contributed by atoms with Crippen molar-refractivity contribution in [2.45, 2.75) is 0 Å². The van der Waals surface area contributed by atoms with Gasteiger partial charge in [-0.15, -0.1) is 0 Å². The first kappa shape index (κ1) is 27.5. The summed E-state index contributed by atoms with van der Waals surface area (Å²) >= 11 is 0. The van der Waals surface area contributed by atoms with Gasteiger partial charge in [-0.1, -0.05) is 146 Å². The maximum atomic E-state index is 6.24. The minimum Gasteiger partial charge on any atom is -0.456 e. The van der Waals surface area contributed by atoms with Crippen LogP contribution >= 0.6 is 0 Å². The van der Waals surface area contributed by atoms with E-state index in [1.807, 2.05) is 30.3 Å². The lowest BCUT2D eigenvalue weighted by atomic mass is 9.97. The number of para-hydroxylation sites is 1. The fraction of sp³-hybridized carbons (Fsp3) is 0. The molecule has 0 aliphatic heterocycles. The summed E-state index contributed by atoms with van der Waals surface area (Å²) in [4.78, 5) is 15.4. The van der Waals surface area contributed by atoms with Crippen LogP contribution in [0, 0.1) is 0 Å². The van der Waals surface area contributed by atoms with Crippen molar-refractivity contribution in [3.05, 3.63) is 164 Å². The minimum absolute atomic E-state index is 0.605. The van der Waals surface area contributed by atoms with Crippen LogP contribution in [-0.4, -0.2) is 15.0 Å².